The Morgan fingerprint density at radius 2 is 1.74 bits per heavy atom. The Labute approximate surface area is 162 Å². The monoisotopic (exact) mass is 381 g/mol. The molecule has 2 aromatic rings. The Bertz CT molecular complexity index is 926. The number of hydrogen-bond donors (Lipinski definition) is 2. The van der Waals surface area contributed by atoms with Crippen LogP contribution in [-0.2, 0) is 9.59 Å². The van der Waals surface area contributed by atoms with E-state index in [1.807, 2.05) is 49.4 Å². The van der Waals surface area contributed by atoms with Crippen LogP contribution < -0.4 is 11.2 Å². The number of carbonyl (C=O) groups is 2. The molecule has 0 bridgehead atoms. The van der Waals surface area contributed by atoms with E-state index in [1.165, 1.54) is 0 Å². The lowest BCUT2D eigenvalue weighted by Gasteiger charge is -2.47. The number of carbonyl (C=O) groups excluding carboxylic acids is 2. The molecule has 2 unspecified atom stereocenters. The summed E-state index contributed by atoms with van der Waals surface area (Å²) in [5.41, 5.74) is 9.58. The SMILES string of the molecule is C[C@H]1C(=O)CC(c2ccc(Cl)cc2)C2(C(=O)NN=C2N)[C@@H]1c1ccccc1. The lowest BCUT2D eigenvalue weighted by atomic mass is 9.52. The second-order valence-corrected chi connectivity index (χ2v) is 7.70. The van der Waals surface area contributed by atoms with Gasteiger partial charge in [-0.05, 0) is 23.3 Å². The smallest absolute Gasteiger partial charge is 0.255 e. The van der Waals surface area contributed by atoms with Gasteiger partial charge in [0.2, 0.25) is 0 Å². The van der Waals surface area contributed by atoms with Crippen LogP contribution in [0.1, 0.15) is 36.3 Å². The Morgan fingerprint density at radius 3 is 2.33 bits per heavy atom. The molecular formula is C21H20ClN3O2. The van der Waals surface area contributed by atoms with Crippen LogP contribution in [0.15, 0.2) is 59.7 Å². The number of ketones is 1. The molecule has 3 N–H and O–H groups in total. The molecule has 1 spiro atoms. The van der Waals surface area contributed by atoms with Gasteiger partial charge in [0, 0.05) is 29.2 Å². The van der Waals surface area contributed by atoms with Gasteiger partial charge in [-0.25, -0.2) is 5.43 Å². The van der Waals surface area contributed by atoms with Crippen molar-refractivity contribution in [3.8, 4) is 0 Å². The van der Waals surface area contributed by atoms with Crippen molar-refractivity contribution in [3.63, 3.8) is 0 Å². The highest BCUT2D eigenvalue weighted by molar-refractivity contribution is 6.30. The first-order valence-electron chi connectivity index (χ1n) is 8.93. The number of halogens is 1. The van der Waals surface area contributed by atoms with Gasteiger partial charge in [0.25, 0.3) is 5.91 Å². The van der Waals surface area contributed by atoms with E-state index in [-0.39, 0.29) is 29.9 Å². The predicted molar refractivity (Wildman–Crippen MR) is 104 cm³/mol. The van der Waals surface area contributed by atoms with Crippen LogP contribution in [-0.4, -0.2) is 17.5 Å². The van der Waals surface area contributed by atoms with E-state index in [9.17, 15) is 9.59 Å². The Balaban J connectivity index is 1.96. The molecule has 0 aromatic heterocycles. The number of hydrogen-bond acceptors (Lipinski definition) is 4. The van der Waals surface area contributed by atoms with E-state index in [0.717, 1.165) is 11.1 Å². The minimum atomic E-state index is -1.11. The molecule has 2 aromatic carbocycles. The van der Waals surface area contributed by atoms with E-state index < -0.39 is 17.3 Å². The third-order valence-corrected chi connectivity index (χ3v) is 6.21. The number of hydrazone groups is 1. The molecule has 0 radical (unpaired) electrons. The standard InChI is InChI=1S/C21H20ClN3O2/c1-12-17(26)11-16(13-7-9-15(22)10-8-13)21(19(23)24-25-20(21)27)18(12)14-5-3-2-4-6-14/h2-10,12,16,18H,11H2,1H3,(H2,23,24)(H,25,27)/t12-,16?,18-,21?/m0/s1. The van der Waals surface area contributed by atoms with Gasteiger partial charge >= 0.3 is 0 Å². The van der Waals surface area contributed by atoms with Gasteiger partial charge in [-0.2, -0.15) is 5.10 Å². The zero-order valence-corrected chi connectivity index (χ0v) is 15.6. The number of amides is 1. The van der Waals surface area contributed by atoms with Gasteiger partial charge < -0.3 is 5.73 Å². The molecule has 1 aliphatic carbocycles. The minimum absolute atomic E-state index is 0.113. The average Bonchev–Trinajstić information content (AvgIpc) is 2.96. The number of rotatable bonds is 2. The first-order chi connectivity index (χ1) is 13.0. The Morgan fingerprint density at radius 1 is 1.07 bits per heavy atom. The topological polar surface area (TPSA) is 84.5 Å². The largest absolute Gasteiger partial charge is 0.385 e. The molecule has 6 heteroatoms. The van der Waals surface area contributed by atoms with Crippen LogP contribution in [0.2, 0.25) is 5.02 Å². The lowest BCUT2D eigenvalue weighted by Crippen LogP contribution is -2.56. The average molecular weight is 382 g/mol. The van der Waals surface area contributed by atoms with Crippen LogP contribution in [0.25, 0.3) is 0 Å². The molecule has 1 fully saturated rings. The Kier molecular flexibility index (Phi) is 4.27. The van der Waals surface area contributed by atoms with Gasteiger partial charge in [-0.15, -0.1) is 0 Å². The predicted octanol–water partition coefficient (Wildman–Crippen LogP) is 3.20. The fourth-order valence-corrected chi connectivity index (χ4v) is 4.81. The van der Waals surface area contributed by atoms with Crippen LogP contribution >= 0.6 is 11.6 Å². The normalized spacial score (nSPS) is 30.3. The molecule has 4 atom stereocenters. The van der Waals surface area contributed by atoms with E-state index in [2.05, 4.69) is 10.5 Å². The maximum atomic E-state index is 13.2. The number of amidine groups is 1. The molecule has 1 saturated carbocycles. The molecule has 1 aliphatic heterocycles. The van der Waals surface area contributed by atoms with E-state index >= 15 is 0 Å². The highest BCUT2D eigenvalue weighted by Crippen LogP contribution is 2.57. The van der Waals surface area contributed by atoms with Gasteiger partial charge in [-0.3, -0.25) is 9.59 Å². The summed E-state index contributed by atoms with van der Waals surface area (Å²) in [6, 6.07) is 16.9. The van der Waals surface area contributed by atoms with E-state index in [0.29, 0.717) is 5.02 Å². The van der Waals surface area contributed by atoms with Crippen LogP contribution in [0.4, 0.5) is 0 Å². The molecule has 5 nitrogen and oxygen atoms in total. The van der Waals surface area contributed by atoms with Crippen molar-refractivity contribution < 1.29 is 9.59 Å². The molecular weight excluding hydrogens is 362 g/mol. The summed E-state index contributed by atoms with van der Waals surface area (Å²) in [4.78, 5) is 26.1. The number of nitrogens with one attached hydrogen (secondary N) is 1. The van der Waals surface area contributed by atoms with E-state index in [4.69, 9.17) is 17.3 Å². The van der Waals surface area contributed by atoms with Crippen LogP contribution in [0.3, 0.4) is 0 Å². The molecule has 138 valence electrons. The van der Waals surface area contributed by atoms with Crippen molar-refractivity contribution in [2.75, 3.05) is 0 Å². The first kappa shape index (κ1) is 17.7. The quantitative estimate of drug-likeness (QED) is 0.837. The van der Waals surface area contributed by atoms with Crippen LogP contribution in [0.5, 0.6) is 0 Å². The lowest BCUT2D eigenvalue weighted by molar-refractivity contribution is -0.136. The molecule has 2 aliphatic rings. The maximum absolute atomic E-state index is 13.2. The number of Topliss-reactive ketones (excluding diaryl/α,β-unsaturated/α-hetero) is 1. The molecule has 1 amide bonds. The Hall–Kier alpha value is -2.66. The maximum Gasteiger partial charge on any atom is 0.255 e. The summed E-state index contributed by atoms with van der Waals surface area (Å²) >= 11 is 6.04. The highest BCUT2D eigenvalue weighted by atomic mass is 35.5. The van der Waals surface area contributed by atoms with Crippen molar-refractivity contribution in [2.45, 2.75) is 25.2 Å². The van der Waals surface area contributed by atoms with Gasteiger partial charge in [0.15, 0.2) is 0 Å². The molecule has 1 heterocycles. The summed E-state index contributed by atoms with van der Waals surface area (Å²) in [7, 11) is 0. The van der Waals surface area contributed by atoms with Crippen molar-refractivity contribution in [3.05, 3.63) is 70.7 Å². The minimum Gasteiger partial charge on any atom is -0.385 e. The van der Waals surface area contributed by atoms with Crippen molar-refractivity contribution in [2.24, 2.45) is 22.2 Å². The van der Waals surface area contributed by atoms with Gasteiger partial charge in [-0.1, -0.05) is 61.0 Å². The third-order valence-electron chi connectivity index (χ3n) is 5.96. The second-order valence-electron chi connectivity index (χ2n) is 7.26. The van der Waals surface area contributed by atoms with Crippen molar-refractivity contribution in [1.29, 1.82) is 0 Å². The summed E-state index contributed by atoms with van der Waals surface area (Å²) in [5.74, 6) is -1.06. The first-order valence-corrected chi connectivity index (χ1v) is 9.31. The molecule has 0 saturated heterocycles. The fraction of sp³-hybridized carbons (Fsp3) is 0.286. The summed E-state index contributed by atoms with van der Waals surface area (Å²) in [6.07, 6.45) is 0.232. The number of nitrogens with two attached hydrogens (primary N) is 1. The van der Waals surface area contributed by atoms with Gasteiger partial charge in [0.1, 0.15) is 17.0 Å². The van der Waals surface area contributed by atoms with E-state index in [1.54, 1.807) is 12.1 Å². The second kappa shape index (κ2) is 6.50. The third kappa shape index (κ3) is 2.57. The summed E-state index contributed by atoms with van der Waals surface area (Å²) in [6.45, 7) is 1.87. The van der Waals surface area contributed by atoms with Gasteiger partial charge in [0.05, 0.1) is 0 Å². The number of nitrogens with zero attached hydrogens (tertiary/aromatic N) is 1. The fourth-order valence-electron chi connectivity index (χ4n) is 4.68. The summed E-state index contributed by atoms with van der Waals surface area (Å²) < 4.78 is 0. The molecule has 4 rings (SSSR count). The molecule has 27 heavy (non-hydrogen) atoms. The summed E-state index contributed by atoms with van der Waals surface area (Å²) in [5, 5.41) is 4.68. The zero-order valence-electron chi connectivity index (χ0n) is 14.9. The van der Waals surface area contributed by atoms with Crippen molar-refractivity contribution >= 4 is 29.1 Å². The highest BCUT2D eigenvalue weighted by Gasteiger charge is 2.63. The zero-order chi connectivity index (χ0) is 19.2. The van der Waals surface area contributed by atoms with Crippen molar-refractivity contribution in [1.82, 2.24) is 5.43 Å². The van der Waals surface area contributed by atoms with Crippen LogP contribution in [0, 0.1) is 11.3 Å². The number of benzene rings is 2.